The van der Waals surface area contributed by atoms with E-state index < -0.39 is 0 Å². The highest BCUT2D eigenvalue weighted by Crippen LogP contribution is 2.16. The number of halogens is 1. The minimum absolute atomic E-state index is 0.100. The third-order valence-electron chi connectivity index (χ3n) is 1.38. The summed E-state index contributed by atoms with van der Waals surface area (Å²) in [7, 11) is 0. The van der Waals surface area contributed by atoms with Crippen LogP contribution >= 0.6 is 11.6 Å². The Morgan fingerprint density at radius 1 is 1.45 bits per heavy atom. The fraction of sp³-hybridized carbons (Fsp3) is 0. The first-order valence-electron chi connectivity index (χ1n) is 3.07. The summed E-state index contributed by atoms with van der Waals surface area (Å²) in [4.78, 5) is 0. The zero-order valence-electron chi connectivity index (χ0n) is 5.50. The molecule has 2 heterocycles. The first-order chi connectivity index (χ1) is 5.25. The van der Waals surface area contributed by atoms with Gasteiger partial charge in [0.15, 0.2) is 0 Å². The van der Waals surface area contributed by atoms with Crippen LogP contribution in [0.3, 0.4) is 0 Å². The lowest BCUT2D eigenvalue weighted by Crippen LogP contribution is -2.33. The molecule has 0 bridgehead atoms. The van der Waals surface area contributed by atoms with Gasteiger partial charge < -0.3 is 10.4 Å². The highest BCUT2D eigenvalue weighted by atomic mass is 35.5. The van der Waals surface area contributed by atoms with E-state index in [2.05, 4.69) is 10.7 Å². The highest BCUT2D eigenvalue weighted by Gasteiger charge is 2.18. The molecule has 0 aromatic rings. The molecule has 11 heavy (non-hydrogen) atoms. The molecule has 0 spiro atoms. The fourth-order valence-corrected chi connectivity index (χ4v) is 1.09. The normalized spacial score (nSPS) is 20.8. The van der Waals surface area contributed by atoms with Gasteiger partial charge in [-0.2, -0.15) is 0 Å². The van der Waals surface area contributed by atoms with Gasteiger partial charge in [-0.1, -0.05) is 11.6 Å². The Morgan fingerprint density at radius 2 is 2.27 bits per heavy atom. The van der Waals surface area contributed by atoms with Gasteiger partial charge in [-0.05, 0) is 12.2 Å². The number of hydrazine groups is 1. The molecular weight excluding hydrogens is 166 g/mol. The van der Waals surface area contributed by atoms with Gasteiger partial charge in [-0.3, -0.25) is 5.43 Å². The minimum atomic E-state index is 0.100. The van der Waals surface area contributed by atoms with Crippen LogP contribution in [-0.4, -0.2) is 10.1 Å². The molecule has 5 heteroatoms. The number of aliphatic hydroxyl groups excluding tert-OH is 1. The molecule has 0 aliphatic carbocycles. The first-order valence-corrected chi connectivity index (χ1v) is 3.45. The zero-order valence-corrected chi connectivity index (χ0v) is 6.26. The van der Waals surface area contributed by atoms with Crippen molar-refractivity contribution in [2.24, 2.45) is 0 Å². The number of allylic oxidation sites excluding steroid dienone is 2. The smallest absolute Gasteiger partial charge is 0.208 e. The number of aliphatic hydroxyl groups is 1. The van der Waals surface area contributed by atoms with E-state index in [1.165, 1.54) is 6.20 Å². The van der Waals surface area contributed by atoms with Crippen LogP contribution in [0.4, 0.5) is 0 Å². The van der Waals surface area contributed by atoms with E-state index in [-0.39, 0.29) is 5.88 Å². The van der Waals surface area contributed by atoms with Crippen LogP contribution in [0.5, 0.6) is 0 Å². The van der Waals surface area contributed by atoms with E-state index in [1.807, 2.05) is 0 Å². The van der Waals surface area contributed by atoms with Crippen molar-refractivity contribution in [1.29, 1.82) is 0 Å². The molecule has 0 radical (unpaired) electrons. The molecule has 0 atom stereocenters. The average molecular weight is 172 g/mol. The number of fused-ring (bicyclic) bond motifs is 1. The third-order valence-corrected chi connectivity index (χ3v) is 1.59. The summed E-state index contributed by atoms with van der Waals surface area (Å²) in [5.41, 5.74) is 2.80. The summed E-state index contributed by atoms with van der Waals surface area (Å²) in [6.07, 6.45) is 4.96. The van der Waals surface area contributed by atoms with Crippen molar-refractivity contribution in [3.05, 3.63) is 35.2 Å². The molecule has 0 aromatic carbocycles. The van der Waals surface area contributed by atoms with Crippen LogP contribution in [0, 0.1) is 0 Å². The minimum Gasteiger partial charge on any atom is -0.493 e. The van der Waals surface area contributed by atoms with Gasteiger partial charge in [0.05, 0.1) is 6.20 Å². The van der Waals surface area contributed by atoms with Crippen LogP contribution in [0.15, 0.2) is 35.2 Å². The van der Waals surface area contributed by atoms with Gasteiger partial charge in [0.2, 0.25) is 5.88 Å². The molecule has 58 valence electrons. The van der Waals surface area contributed by atoms with Gasteiger partial charge in [0.1, 0.15) is 11.0 Å². The summed E-state index contributed by atoms with van der Waals surface area (Å²) >= 11 is 5.66. The van der Waals surface area contributed by atoms with Crippen LogP contribution in [-0.2, 0) is 0 Å². The van der Waals surface area contributed by atoms with E-state index in [0.717, 1.165) is 5.82 Å². The Balaban J connectivity index is 2.27. The molecular formula is C6H6ClN3O. The van der Waals surface area contributed by atoms with E-state index in [4.69, 9.17) is 16.7 Å². The molecule has 0 saturated carbocycles. The van der Waals surface area contributed by atoms with Gasteiger partial charge in [-0.15, -0.1) is 0 Å². The van der Waals surface area contributed by atoms with Crippen LogP contribution in [0.2, 0.25) is 0 Å². The highest BCUT2D eigenvalue weighted by molar-refractivity contribution is 6.29. The maximum Gasteiger partial charge on any atom is 0.208 e. The number of hydrogen-bond acceptors (Lipinski definition) is 4. The first kappa shape index (κ1) is 6.42. The second-order valence-corrected chi connectivity index (χ2v) is 2.59. The standard InChI is InChI=1S/C6H6ClN3O/c7-4-1-2-5-8-6(11)3-10(5)9-4/h1-3,8-9,11H. The second kappa shape index (κ2) is 2.10. The summed E-state index contributed by atoms with van der Waals surface area (Å²) in [5.74, 6) is 0.857. The Morgan fingerprint density at radius 3 is 3.09 bits per heavy atom. The summed E-state index contributed by atoms with van der Waals surface area (Å²) < 4.78 is 0. The number of hydrogen-bond donors (Lipinski definition) is 3. The van der Waals surface area contributed by atoms with Crippen LogP contribution in [0.1, 0.15) is 0 Å². The van der Waals surface area contributed by atoms with E-state index in [9.17, 15) is 0 Å². The third kappa shape index (κ3) is 1.01. The molecule has 0 fully saturated rings. The Bertz CT molecular complexity index is 282. The zero-order chi connectivity index (χ0) is 7.84. The average Bonchev–Trinajstić information content (AvgIpc) is 2.27. The van der Waals surface area contributed by atoms with Gasteiger partial charge in [0, 0.05) is 0 Å². The molecule has 2 rings (SSSR count). The van der Waals surface area contributed by atoms with Gasteiger partial charge in [-0.25, -0.2) is 5.01 Å². The monoisotopic (exact) mass is 171 g/mol. The summed E-state index contributed by atoms with van der Waals surface area (Å²) in [6.45, 7) is 0. The predicted octanol–water partition coefficient (Wildman–Crippen LogP) is 0.688. The molecule has 0 aromatic heterocycles. The second-order valence-electron chi connectivity index (χ2n) is 2.19. The molecule has 0 saturated heterocycles. The summed E-state index contributed by atoms with van der Waals surface area (Å²) in [5, 5.41) is 13.8. The topological polar surface area (TPSA) is 47.5 Å². The lowest BCUT2D eigenvalue weighted by Gasteiger charge is -2.21. The lowest BCUT2D eigenvalue weighted by atomic mass is 10.5. The number of nitrogens with zero attached hydrogens (tertiary/aromatic N) is 1. The summed E-state index contributed by atoms with van der Waals surface area (Å²) in [6, 6.07) is 0. The Hall–Kier alpha value is -1.29. The largest absolute Gasteiger partial charge is 0.493 e. The molecule has 0 unspecified atom stereocenters. The van der Waals surface area contributed by atoms with Crippen molar-refractivity contribution in [2.75, 3.05) is 0 Å². The maximum absolute atomic E-state index is 9.01. The predicted molar refractivity (Wildman–Crippen MR) is 40.8 cm³/mol. The van der Waals surface area contributed by atoms with E-state index in [1.54, 1.807) is 17.2 Å². The fourth-order valence-electron chi connectivity index (χ4n) is 0.934. The Kier molecular flexibility index (Phi) is 1.22. The van der Waals surface area contributed by atoms with Crippen molar-refractivity contribution in [3.8, 4) is 0 Å². The van der Waals surface area contributed by atoms with Crippen molar-refractivity contribution in [2.45, 2.75) is 0 Å². The van der Waals surface area contributed by atoms with Crippen molar-refractivity contribution < 1.29 is 5.11 Å². The molecule has 2 aliphatic heterocycles. The SMILES string of the molecule is OC1=CN2NC(Cl)=CC=C2N1. The lowest BCUT2D eigenvalue weighted by molar-refractivity contribution is 0.383. The molecule has 4 nitrogen and oxygen atoms in total. The van der Waals surface area contributed by atoms with Crippen LogP contribution < -0.4 is 10.7 Å². The molecule has 0 amide bonds. The van der Waals surface area contributed by atoms with Gasteiger partial charge in [0.25, 0.3) is 0 Å². The van der Waals surface area contributed by atoms with Crippen molar-refractivity contribution in [3.63, 3.8) is 0 Å². The van der Waals surface area contributed by atoms with E-state index >= 15 is 0 Å². The quantitative estimate of drug-likeness (QED) is 0.470. The van der Waals surface area contributed by atoms with Crippen LogP contribution in [0.25, 0.3) is 0 Å². The van der Waals surface area contributed by atoms with Gasteiger partial charge >= 0.3 is 0 Å². The molecule has 3 N–H and O–H groups in total. The van der Waals surface area contributed by atoms with Crippen molar-refractivity contribution >= 4 is 11.6 Å². The number of rotatable bonds is 0. The van der Waals surface area contributed by atoms with E-state index in [0.29, 0.717) is 5.16 Å². The molecule has 2 aliphatic rings. The number of nitrogens with one attached hydrogen (secondary N) is 2. The Labute approximate surface area is 68.4 Å². The van der Waals surface area contributed by atoms with Crippen molar-refractivity contribution in [1.82, 2.24) is 15.8 Å². The maximum atomic E-state index is 9.01.